The number of nitrogens with one attached hydrogen (secondary N) is 1. The molecular weight excluding hydrogens is 980 g/mol. The van der Waals surface area contributed by atoms with Crippen molar-refractivity contribution >= 4 is 76.6 Å². The molecule has 0 aromatic heterocycles. The molecule has 0 spiro atoms. The maximum absolute atomic E-state index is 14.3. The normalized spacial score (nSPS) is 31.6. The number of allylic oxidation sites excluding steroid dienone is 3. The van der Waals surface area contributed by atoms with Gasteiger partial charge in [0, 0.05) is 59.4 Å². The number of hydrogen-bond donors (Lipinski definition) is 2. The summed E-state index contributed by atoms with van der Waals surface area (Å²) in [4.78, 5) is 112. The van der Waals surface area contributed by atoms with Crippen LogP contribution in [0.5, 0.6) is 5.75 Å². The third kappa shape index (κ3) is 12.3. The minimum Gasteiger partial charge on any atom is -0.495 e. The number of carbonyl (C=O) groups is 8. The summed E-state index contributed by atoms with van der Waals surface area (Å²) in [6.45, 7) is 7.01. The lowest BCUT2D eigenvalue weighted by molar-refractivity contribution is -0.282. The number of hydrogen-bond acceptors (Lipinski definition) is 17. The SMILES string of the molecule is COc1cc2cc(c1Cl)N(C)C(=O)C[C@H](OC(=O)C(C)(C)OCCCSC1CC(=O)N(CC3CCC(C(=O)ON4C(=O)CCC4=O)CC3)C1=O)[C@@]1(C)C[C@@H](O1)C1C[C@@](O)(NC(=O)O1)[C@H](OC)/C=C/C=C(\C)C2. The Bertz CT molecular complexity index is 2350. The van der Waals surface area contributed by atoms with E-state index in [0.29, 0.717) is 60.8 Å². The van der Waals surface area contributed by atoms with E-state index in [9.17, 15) is 43.5 Å². The lowest BCUT2D eigenvalue weighted by Gasteiger charge is -2.53. The number of rotatable bonds is 14. The Balaban J connectivity index is 0.955. The molecule has 2 N–H and O–H groups in total. The maximum atomic E-state index is 14.3. The highest BCUT2D eigenvalue weighted by Gasteiger charge is 2.57. The molecule has 6 aliphatic heterocycles. The third-order valence-corrected chi connectivity index (χ3v) is 16.0. The van der Waals surface area contributed by atoms with Crippen LogP contribution in [0.25, 0.3) is 0 Å². The number of thioether (sulfide) groups is 1. The van der Waals surface area contributed by atoms with Gasteiger partial charge in [-0.25, -0.2) is 14.4 Å². The predicted octanol–water partition coefficient (Wildman–Crippen LogP) is 4.88. The van der Waals surface area contributed by atoms with Crippen molar-refractivity contribution in [3.8, 4) is 5.75 Å². The van der Waals surface area contributed by atoms with E-state index >= 15 is 0 Å². The number of ether oxygens (including phenoxy) is 6. The van der Waals surface area contributed by atoms with Gasteiger partial charge in [0.1, 0.15) is 34.7 Å². The van der Waals surface area contributed by atoms with Gasteiger partial charge in [-0.3, -0.25) is 34.2 Å². The van der Waals surface area contributed by atoms with Crippen LogP contribution in [0, 0.1) is 11.8 Å². The van der Waals surface area contributed by atoms with Gasteiger partial charge in [0.15, 0.2) is 11.3 Å². The second-order valence-corrected chi connectivity index (χ2v) is 21.8. The Kier molecular flexibility index (Phi) is 17.2. The minimum atomic E-state index is -1.87. The molecule has 7 atom stereocenters. The highest BCUT2D eigenvalue weighted by atomic mass is 35.5. The monoisotopic (exact) mass is 1040 g/mol. The first-order valence-electron chi connectivity index (χ1n) is 24.3. The number of aliphatic hydroxyl groups is 1. The molecule has 7 aliphatic rings. The summed E-state index contributed by atoms with van der Waals surface area (Å²) in [5.74, 6) is -3.20. The Hall–Kier alpha value is -5.06. The number of halogens is 1. The molecule has 6 heterocycles. The molecule has 1 saturated carbocycles. The average molecular weight is 1050 g/mol. The number of imide groups is 2. The maximum Gasteiger partial charge on any atom is 0.409 e. The van der Waals surface area contributed by atoms with Gasteiger partial charge in [0.05, 0.1) is 36.5 Å². The molecule has 1 aromatic carbocycles. The van der Waals surface area contributed by atoms with Gasteiger partial charge in [-0.15, -0.1) is 16.8 Å². The zero-order valence-electron chi connectivity index (χ0n) is 41.7. The summed E-state index contributed by atoms with van der Waals surface area (Å²) in [5.41, 5.74) is -2.60. The molecule has 2 unspecified atom stereocenters. The van der Waals surface area contributed by atoms with Gasteiger partial charge >= 0.3 is 18.0 Å². The molecule has 20 nitrogen and oxygen atoms in total. The molecule has 1 aromatic rings. The van der Waals surface area contributed by atoms with Crippen molar-refractivity contribution < 1.29 is 76.7 Å². The van der Waals surface area contributed by atoms with E-state index in [0.717, 1.165) is 11.1 Å². The van der Waals surface area contributed by atoms with Crippen molar-refractivity contribution in [1.29, 1.82) is 0 Å². The van der Waals surface area contributed by atoms with Crippen LogP contribution in [-0.2, 0) is 68.5 Å². The molecule has 6 amide bonds. The lowest BCUT2D eigenvalue weighted by atomic mass is 9.79. The van der Waals surface area contributed by atoms with Crippen LogP contribution in [0.1, 0.15) is 104 Å². The van der Waals surface area contributed by atoms with Crippen LogP contribution < -0.4 is 15.0 Å². The van der Waals surface area contributed by atoms with Crippen molar-refractivity contribution in [3.63, 3.8) is 0 Å². The molecule has 22 heteroatoms. The second kappa shape index (κ2) is 22.6. The first-order valence-corrected chi connectivity index (χ1v) is 25.7. The Morgan fingerprint density at radius 2 is 1.67 bits per heavy atom. The standard InChI is InChI=1S/C50H65ClN4O16S/c1-28-10-8-11-37(66-7)50(64)26-34(68-47(63)52-50)35-25-49(4,70-35)38(24-41(58)53(5)32-21-30(20-28)22-33(65-6)43(32)51)69-46(62)48(2,3)67-18-9-19-72-36-23-42(59)54(44(36)60)27-29-12-14-31(15-13-29)45(61)71-55-39(56)16-17-40(55)57/h8,10-11,21-22,29,31,34-38,64H,9,12-20,23-27H2,1-7H3,(H,52,63)/b11-8+,28-10+/t29?,31?,34?,35-,36?,37-,38+,49-,50+/m1/s1. The smallest absolute Gasteiger partial charge is 0.409 e. The fraction of sp³-hybridized carbons (Fsp3) is 0.640. The highest BCUT2D eigenvalue weighted by Crippen LogP contribution is 2.45. The van der Waals surface area contributed by atoms with Gasteiger partial charge < -0.3 is 43.3 Å². The van der Waals surface area contributed by atoms with E-state index in [1.807, 2.05) is 13.0 Å². The van der Waals surface area contributed by atoms with E-state index in [1.165, 1.54) is 35.8 Å². The molecule has 6 bridgehead atoms. The van der Waals surface area contributed by atoms with Crippen molar-refractivity contribution in [2.45, 2.75) is 151 Å². The number of fused-ring (bicyclic) bond motifs is 6. The fourth-order valence-electron chi connectivity index (χ4n) is 9.95. The fourth-order valence-corrected chi connectivity index (χ4v) is 11.4. The number of amides is 6. The molecule has 1 aliphatic carbocycles. The van der Waals surface area contributed by atoms with Crippen LogP contribution in [0.2, 0.25) is 5.02 Å². The van der Waals surface area contributed by atoms with Crippen LogP contribution in [0.15, 0.2) is 35.9 Å². The van der Waals surface area contributed by atoms with Crippen molar-refractivity contribution in [2.75, 3.05) is 45.1 Å². The van der Waals surface area contributed by atoms with E-state index < -0.39 is 88.3 Å². The molecule has 394 valence electrons. The van der Waals surface area contributed by atoms with Gasteiger partial charge in [0.25, 0.3) is 11.8 Å². The first kappa shape index (κ1) is 54.7. The Labute approximate surface area is 427 Å². The number of benzene rings is 1. The van der Waals surface area contributed by atoms with Gasteiger partial charge in [-0.2, -0.15) is 0 Å². The average Bonchev–Trinajstić information content (AvgIpc) is 3.78. The summed E-state index contributed by atoms with van der Waals surface area (Å²) >= 11 is 8.13. The second-order valence-electron chi connectivity index (χ2n) is 20.1. The summed E-state index contributed by atoms with van der Waals surface area (Å²) in [7, 11) is 4.45. The summed E-state index contributed by atoms with van der Waals surface area (Å²) < 4.78 is 35.5. The van der Waals surface area contributed by atoms with E-state index in [-0.39, 0.29) is 74.4 Å². The van der Waals surface area contributed by atoms with Crippen LogP contribution in [0.4, 0.5) is 10.5 Å². The molecule has 0 radical (unpaired) electrons. The molecule has 72 heavy (non-hydrogen) atoms. The number of hydroxylamine groups is 2. The summed E-state index contributed by atoms with van der Waals surface area (Å²) in [6.07, 6.45) is 3.12. The molecule has 4 saturated heterocycles. The number of nitrogens with zero attached hydrogens (tertiary/aromatic N) is 3. The lowest BCUT2D eigenvalue weighted by Crippen LogP contribution is -2.68. The predicted molar refractivity (Wildman–Crippen MR) is 259 cm³/mol. The van der Waals surface area contributed by atoms with Gasteiger partial charge in [-0.1, -0.05) is 35.4 Å². The summed E-state index contributed by atoms with van der Waals surface area (Å²) in [6, 6.07) is 3.56. The van der Waals surface area contributed by atoms with Crippen LogP contribution in [0.3, 0.4) is 0 Å². The largest absolute Gasteiger partial charge is 0.495 e. The van der Waals surface area contributed by atoms with Crippen molar-refractivity contribution in [1.82, 2.24) is 15.3 Å². The quantitative estimate of drug-likeness (QED) is 0.143. The van der Waals surface area contributed by atoms with Gasteiger partial charge in [-0.05, 0) is 95.6 Å². The number of methoxy groups -OCH3 is 2. The van der Waals surface area contributed by atoms with E-state index in [2.05, 4.69) is 5.32 Å². The molecule has 5 fully saturated rings. The highest BCUT2D eigenvalue weighted by molar-refractivity contribution is 8.00. The number of alkyl carbamates (subject to hydrolysis) is 1. The minimum absolute atomic E-state index is 0.00698. The number of likely N-dealkylation sites (tertiary alicyclic amines) is 1. The van der Waals surface area contributed by atoms with E-state index in [1.54, 1.807) is 52.1 Å². The van der Waals surface area contributed by atoms with Crippen molar-refractivity contribution in [2.24, 2.45) is 11.8 Å². The van der Waals surface area contributed by atoms with Crippen molar-refractivity contribution in [3.05, 3.63) is 46.5 Å². The van der Waals surface area contributed by atoms with Gasteiger partial charge in [0.2, 0.25) is 17.7 Å². The molecular formula is C50H65ClN4O16S. The topological polar surface area (TPSA) is 243 Å². The zero-order chi connectivity index (χ0) is 52.3. The van der Waals surface area contributed by atoms with Crippen LogP contribution >= 0.6 is 23.4 Å². The number of esters is 1. The van der Waals surface area contributed by atoms with Crippen LogP contribution in [-0.4, -0.2) is 149 Å². The first-order chi connectivity index (χ1) is 34.0. The number of carbonyl (C=O) groups excluding carboxylic acids is 8. The Morgan fingerprint density at radius 1 is 0.972 bits per heavy atom. The summed E-state index contributed by atoms with van der Waals surface area (Å²) in [5, 5.41) is 14.4. The number of anilines is 1. The molecule has 8 rings (SSSR count). The van der Waals surface area contributed by atoms with E-state index in [4.69, 9.17) is 44.9 Å². The Morgan fingerprint density at radius 3 is 2.33 bits per heavy atom. The zero-order valence-corrected chi connectivity index (χ0v) is 43.3. The third-order valence-electron chi connectivity index (χ3n) is 14.3.